The van der Waals surface area contributed by atoms with E-state index in [2.05, 4.69) is 10.6 Å². The summed E-state index contributed by atoms with van der Waals surface area (Å²) in [5.74, 6) is -1.06. The van der Waals surface area contributed by atoms with Crippen LogP contribution in [0.25, 0.3) is 0 Å². The van der Waals surface area contributed by atoms with E-state index in [4.69, 9.17) is 10.8 Å². The van der Waals surface area contributed by atoms with E-state index < -0.39 is 18.0 Å². The predicted molar refractivity (Wildman–Crippen MR) is 47.3 cm³/mol. The number of nitrogens with two attached hydrogens (primary N) is 1. The zero-order valence-electron chi connectivity index (χ0n) is 7.54. The quantitative estimate of drug-likeness (QED) is 0.421. The van der Waals surface area contributed by atoms with Crippen molar-refractivity contribution >= 4 is 12.0 Å². The highest BCUT2D eigenvalue weighted by molar-refractivity contribution is 5.82. The smallest absolute Gasteiger partial charge is 0.325 e. The molecule has 0 aliphatic carbocycles. The van der Waals surface area contributed by atoms with Crippen LogP contribution in [0.4, 0.5) is 4.79 Å². The average Bonchev–Trinajstić information content (AvgIpc) is 2.04. The minimum Gasteiger partial charge on any atom is -0.480 e. The Kier molecular flexibility index (Phi) is 5.62. The molecule has 0 spiro atoms. The second-order valence-electron chi connectivity index (χ2n) is 2.60. The summed E-state index contributed by atoms with van der Waals surface area (Å²) >= 11 is 0. The molecule has 0 radical (unpaired) electrons. The van der Waals surface area contributed by atoms with Crippen LogP contribution in [-0.2, 0) is 4.79 Å². The van der Waals surface area contributed by atoms with Gasteiger partial charge in [-0.3, -0.25) is 4.79 Å². The number of hydrogen-bond donors (Lipinski definition) is 4. The zero-order chi connectivity index (χ0) is 10.3. The van der Waals surface area contributed by atoms with Gasteiger partial charge in [-0.2, -0.15) is 0 Å². The normalized spacial score (nSPS) is 11.8. The minimum absolute atomic E-state index is 0.453. The number of hydrogen-bond acceptors (Lipinski definition) is 3. The Labute approximate surface area is 76.5 Å². The molecule has 0 fully saturated rings. The summed E-state index contributed by atoms with van der Waals surface area (Å²) in [6.45, 7) is 2.34. The van der Waals surface area contributed by atoms with Crippen LogP contribution in [0.3, 0.4) is 0 Å². The summed E-state index contributed by atoms with van der Waals surface area (Å²) in [6.07, 6.45) is 0.675. The van der Waals surface area contributed by atoms with Crippen molar-refractivity contribution < 1.29 is 14.7 Å². The summed E-state index contributed by atoms with van der Waals surface area (Å²) in [4.78, 5) is 21.2. The van der Waals surface area contributed by atoms with Crippen molar-refractivity contribution in [2.75, 3.05) is 13.1 Å². The lowest BCUT2D eigenvalue weighted by Crippen LogP contribution is -2.44. The van der Waals surface area contributed by atoms with Gasteiger partial charge in [0.25, 0.3) is 0 Å². The summed E-state index contributed by atoms with van der Waals surface area (Å²) in [5, 5.41) is 13.2. The van der Waals surface area contributed by atoms with Gasteiger partial charge in [0.15, 0.2) is 0 Å². The minimum atomic E-state index is -1.06. The molecule has 6 heteroatoms. The van der Waals surface area contributed by atoms with Crippen LogP contribution >= 0.6 is 0 Å². The molecular weight excluding hydrogens is 174 g/mol. The van der Waals surface area contributed by atoms with Gasteiger partial charge < -0.3 is 21.5 Å². The summed E-state index contributed by atoms with van der Waals surface area (Å²) in [7, 11) is 0. The van der Waals surface area contributed by atoms with Crippen LogP contribution in [0.2, 0.25) is 0 Å². The third-order valence-corrected chi connectivity index (χ3v) is 1.38. The predicted octanol–water partition coefficient (Wildman–Crippen LogP) is -0.892. The number of nitrogens with one attached hydrogen (secondary N) is 2. The molecule has 0 aliphatic rings. The summed E-state index contributed by atoms with van der Waals surface area (Å²) < 4.78 is 0. The Balaban J connectivity index is 3.56. The molecule has 0 bridgehead atoms. The van der Waals surface area contributed by atoms with E-state index in [-0.39, 0.29) is 0 Å². The van der Waals surface area contributed by atoms with Crippen LogP contribution < -0.4 is 16.4 Å². The fourth-order valence-electron chi connectivity index (χ4n) is 0.613. The largest absolute Gasteiger partial charge is 0.480 e. The Morgan fingerprint density at radius 3 is 2.62 bits per heavy atom. The molecule has 0 aromatic rings. The molecule has 6 nitrogen and oxygen atoms in total. The van der Waals surface area contributed by atoms with E-state index >= 15 is 0 Å². The fraction of sp³-hybridized carbons (Fsp3) is 0.714. The second-order valence-corrected chi connectivity index (χ2v) is 2.60. The molecule has 0 aromatic heterocycles. The molecule has 0 heterocycles. The number of amides is 2. The maximum absolute atomic E-state index is 10.9. The van der Waals surface area contributed by atoms with E-state index in [1.54, 1.807) is 0 Å². The van der Waals surface area contributed by atoms with Crippen molar-refractivity contribution in [1.82, 2.24) is 10.6 Å². The number of carbonyl (C=O) groups is 2. The maximum atomic E-state index is 10.9. The molecule has 0 saturated heterocycles. The van der Waals surface area contributed by atoms with Crippen LogP contribution in [0.1, 0.15) is 13.3 Å². The SMILES string of the molecule is C[C@@H](NC(=O)NCCCN)C(=O)O. The van der Waals surface area contributed by atoms with Crippen molar-refractivity contribution in [1.29, 1.82) is 0 Å². The maximum Gasteiger partial charge on any atom is 0.325 e. The van der Waals surface area contributed by atoms with Gasteiger partial charge in [-0.1, -0.05) is 0 Å². The van der Waals surface area contributed by atoms with Crippen LogP contribution in [0.5, 0.6) is 0 Å². The summed E-state index contributed by atoms with van der Waals surface area (Å²) in [5.41, 5.74) is 5.20. The van der Waals surface area contributed by atoms with Crippen molar-refractivity contribution in [3.63, 3.8) is 0 Å². The van der Waals surface area contributed by atoms with Crippen molar-refractivity contribution in [2.45, 2.75) is 19.4 Å². The highest BCUT2D eigenvalue weighted by Gasteiger charge is 2.12. The first kappa shape index (κ1) is 11.7. The molecule has 0 unspecified atom stereocenters. The topological polar surface area (TPSA) is 104 Å². The number of carboxylic acid groups (broad SMARTS) is 1. The van der Waals surface area contributed by atoms with Gasteiger partial charge in [0.2, 0.25) is 0 Å². The Bertz CT molecular complexity index is 184. The molecular formula is C7H15N3O3. The van der Waals surface area contributed by atoms with Gasteiger partial charge in [0.05, 0.1) is 0 Å². The molecule has 0 saturated carbocycles. The highest BCUT2D eigenvalue weighted by Crippen LogP contribution is 1.80. The van der Waals surface area contributed by atoms with Gasteiger partial charge >= 0.3 is 12.0 Å². The van der Waals surface area contributed by atoms with E-state index in [0.717, 1.165) is 0 Å². The van der Waals surface area contributed by atoms with E-state index in [0.29, 0.717) is 19.5 Å². The van der Waals surface area contributed by atoms with E-state index in [9.17, 15) is 9.59 Å². The van der Waals surface area contributed by atoms with E-state index in [1.165, 1.54) is 6.92 Å². The standard InChI is InChI=1S/C7H15N3O3/c1-5(6(11)12)10-7(13)9-4-2-3-8/h5H,2-4,8H2,1H3,(H,11,12)(H2,9,10,13)/t5-/m1/s1. The van der Waals surface area contributed by atoms with Gasteiger partial charge in [-0.25, -0.2) is 4.79 Å². The van der Waals surface area contributed by atoms with Crippen molar-refractivity contribution in [3.05, 3.63) is 0 Å². The first-order valence-electron chi connectivity index (χ1n) is 4.05. The van der Waals surface area contributed by atoms with Crippen LogP contribution in [0.15, 0.2) is 0 Å². The van der Waals surface area contributed by atoms with E-state index in [1.807, 2.05) is 0 Å². The molecule has 13 heavy (non-hydrogen) atoms. The van der Waals surface area contributed by atoms with Gasteiger partial charge in [0.1, 0.15) is 6.04 Å². The molecule has 76 valence electrons. The summed E-state index contributed by atoms with van der Waals surface area (Å²) in [6, 6.07) is -1.36. The number of carbonyl (C=O) groups excluding carboxylic acids is 1. The number of carboxylic acids is 1. The molecule has 1 atom stereocenters. The Morgan fingerprint density at radius 2 is 2.15 bits per heavy atom. The van der Waals surface area contributed by atoms with Crippen molar-refractivity contribution in [3.8, 4) is 0 Å². The van der Waals surface area contributed by atoms with Gasteiger partial charge in [0, 0.05) is 6.54 Å². The van der Waals surface area contributed by atoms with Gasteiger partial charge in [-0.15, -0.1) is 0 Å². The lowest BCUT2D eigenvalue weighted by molar-refractivity contribution is -0.138. The first-order valence-corrected chi connectivity index (χ1v) is 4.05. The lowest BCUT2D eigenvalue weighted by atomic mass is 10.3. The monoisotopic (exact) mass is 189 g/mol. The average molecular weight is 189 g/mol. The number of aliphatic carboxylic acids is 1. The molecule has 0 rings (SSSR count). The third-order valence-electron chi connectivity index (χ3n) is 1.38. The van der Waals surface area contributed by atoms with Crippen molar-refractivity contribution in [2.24, 2.45) is 5.73 Å². The molecule has 0 aliphatic heterocycles. The lowest BCUT2D eigenvalue weighted by Gasteiger charge is -2.09. The first-order chi connectivity index (χ1) is 6.07. The van der Waals surface area contributed by atoms with Crippen LogP contribution in [0, 0.1) is 0 Å². The number of urea groups is 1. The van der Waals surface area contributed by atoms with Crippen LogP contribution in [-0.4, -0.2) is 36.2 Å². The zero-order valence-corrected chi connectivity index (χ0v) is 7.54. The molecule has 5 N–H and O–H groups in total. The fourth-order valence-corrected chi connectivity index (χ4v) is 0.613. The Morgan fingerprint density at radius 1 is 1.54 bits per heavy atom. The molecule has 0 aromatic carbocycles. The molecule has 2 amide bonds. The Hall–Kier alpha value is -1.30. The third kappa shape index (κ3) is 5.92. The number of rotatable bonds is 5. The van der Waals surface area contributed by atoms with Gasteiger partial charge in [-0.05, 0) is 19.9 Å². The highest BCUT2D eigenvalue weighted by atomic mass is 16.4. The second kappa shape index (κ2) is 6.24.